The van der Waals surface area contributed by atoms with Crippen molar-refractivity contribution in [2.24, 2.45) is 0 Å². The van der Waals surface area contributed by atoms with E-state index in [2.05, 4.69) is 29.2 Å². The first-order valence-electron chi connectivity index (χ1n) is 10.1. The van der Waals surface area contributed by atoms with E-state index in [9.17, 15) is 9.59 Å². The van der Waals surface area contributed by atoms with Gasteiger partial charge in [0.15, 0.2) is 0 Å². The molecule has 2 aromatic carbocycles. The average Bonchev–Trinajstić information content (AvgIpc) is 2.93. The van der Waals surface area contributed by atoms with Crippen LogP contribution in [0.25, 0.3) is 0 Å². The Kier molecular flexibility index (Phi) is 5.96. The molecule has 0 saturated carbocycles. The Bertz CT molecular complexity index is 882. The molecule has 3 rings (SSSR count). The second kappa shape index (κ2) is 8.27. The van der Waals surface area contributed by atoms with Gasteiger partial charge in [-0.3, -0.25) is 4.79 Å². The minimum absolute atomic E-state index is 0.191. The number of benzene rings is 2. The maximum atomic E-state index is 13.1. The number of anilines is 2. The van der Waals surface area contributed by atoms with Crippen molar-refractivity contribution in [3.05, 3.63) is 59.7 Å². The van der Waals surface area contributed by atoms with Crippen LogP contribution in [0.4, 0.5) is 16.2 Å². The van der Waals surface area contributed by atoms with Crippen molar-refractivity contribution < 1.29 is 14.3 Å². The third-order valence-corrected chi connectivity index (χ3v) is 5.06. The Balaban J connectivity index is 1.69. The Morgan fingerprint density at radius 3 is 2.34 bits per heavy atom. The number of fused-ring (bicyclic) bond motifs is 1. The molecule has 5 nitrogen and oxygen atoms in total. The molecule has 0 saturated heterocycles. The van der Waals surface area contributed by atoms with Crippen LogP contribution in [0.1, 0.15) is 50.7 Å². The normalized spacial score (nSPS) is 16.0. The summed E-state index contributed by atoms with van der Waals surface area (Å²) in [7, 11) is 4.04. The minimum Gasteiger partial charge on any atom is -0.443 e. The summed E-state index contributed by atoms with van der Waals surface area (Å²) >= 11 is 0. The van der Waals surface area contributed by atoms with Gasteiger partial charge in [-0.25, -0.2) is 9.69 Å². The van der Waals surface area contributed by atoms with Crippen molar-refractivity contribution in [1.82, 2.24) is 0 Å². The summed E-state index contributed by atoms with van der Waals surface area (Å²) in [5.41, 5.74) is 3.32. The van der Waals surface area contributed by atoms with Crippen molar-refractivity contribution in [3.8, 4) is 0 Å². The molecule has 1 aliphatic heterocycles. The first-order chi connectivity index (χ1) is 13.7. The maximum absolute atomic E-state index is 13.1. The van der Waals surface area contributed by atoms with Gasteiger partial charge in [-0.1, -0.05) is 30.3 Å². The van der Waals surface area contributed by atoms with Gasteiger partial charge in [-0.2, -0.15) is 0 Å². The molecule has 5 heteroatoms. The first kappa shape index (κ1) is 20.9. The van der Waals surface area contributed by atoms with Gasteiger partial charge in [-0.05, 0) is 69.4 Å². The minimum atomic E-state index is -0.650. The molecule has 2 amide bonds. The fourth-order valence-corrected chi connectivity index (χ4v) is 3.64. The van der Waals surface area contributed by atoms with Crippen LogP contribution in [0.2, 0.25) is 0 Å². The molecule has 1 atom stereocenters. The second-order valence-electron chi connectivity index (χ2n) is 8.72. The van der Waals surface area contributed by atoms with Crippen LogP contribution in [-0.2, 0) is 16.0 Å². The van der Waals surface area contributed by atoms with E-state index in [1.54, 1.807) is 20.8 Å². The molecule has 0 aromatic heterocycles. The number of imide groups is 1. The molecule has 29 heavy (non-hydrogen) atoms. The fraction of sp³-hybridized carbons (Fsp3) is 0.417. The summed E-state index contributed by atoms with van der Waals surface area (Å²) in [6, 6.07) is 16.0. The van der Waals surface area contributed by atoms with Crippen molar-refractivity contribution in [1.29, 1.82) is 0 Å². The van der Waals surface area contributed by atoms with E-state index in [0.29, 0.717) is 12.1 Å². The number of rotatable bonds is 5. The van der Waals surface area contributed by atoms with Gasteiger partial charge in [0, 0.05) is 19.8 Å². The van der Waals surface area contributed by atoms with Crippen LogP contribution in [0.15, 0.2) is 48.5 Å². The standard InChI is InChI=1S/C24H30N2O3/c1-24(2,3)29-23(28)26-21-12-7-6-10-19(21)20(22(26)27)11-8-9-17-13-15-18(16-14-17)25(4)5/h6-7,10,12-16,20H,8-9,11H2,1-5H3. The smallest absolute Gasteiger partial charge is 0.421 e. The molecule has 0 spiro atoms. The lowest BCUT2D eigenvalue weighted by Gasteiger charge is -2.24. The van der Waals surface area contributed by atoms with Crippen molar-refractivity contribution in [3.63, 3.8) is 0 Å². The number of hydrogen-bond donors (Lipinski definition) is 0. The van der Waals surface area contributed by atoms with Crippen molar-refractivity contribution in [2.75, 3.05) is 23.9 Å². The van der Waals surface area contributed by atoms with Gasteiger partial charge in [0.05, 0.1) is 11.6 Å². The summed E-state index contributed by atoms with van der Waals surface area (Å²) in [6.45, 7) is 5.41. The van der Waals surface area contributed by atoms with E-state index in [0.717, 1.165) is 18.4 Å². The van der Waals surface area contributed by atoms with Crippen molar-refractivity contribution >= 4 is 23.4 Å². The number of carbonyl (C=O) groups excluding carboxylic acids is 2. The number of nitrogens with zero attached hydrogens (tertiary/aromatic N) is 2. The van der Waals surface area contributed by atoms with E-state index in [1.807, 2.05) is 38.4 Å². The number of hydrogen-bond acceptors (Lipinski definition) is 4. The molecule has 1 unspecified atom stereocenters. The molecular weight excluding hydrogens is 364 g/mol. The highest BCUT2D eigenvalue weighted by Crippen LogP contribution is 2.40. The first-order valence-corrected chi connectivity index (χ1v) is 10.1. The largest absolute Gasteiger partial charge is 0.443 e. The van der Waals surface area contributed by atoms with Gasteiger partial charge < -0.3 is 9.64 Å². The molecule has 0 aliphatic carbocycles. The Morgan fingerprint density at radius 1 is 1.07 bits per heavy atom. The number of carbonyl (C=O) groups is 2. The van der Waals surface area contributed by atoms with Gasteiger partial charge in [0.25, 0.3) is 0 Å². The molecule has 0 radical (unpaired) electrons. The van der Waals surface area contributed by atoms with Gasteiger partial charge in [0.2, 0.25) is 5.91 Å². The zero-order chi connectivity index (χ0) is 21.2. The van der Waals surface area contributed by atoms with Crippen LogP contribution >= 0.6 is 0 Å². The Hall–Kier alpha value is -2.82. The van der Waals surface area contributed by atoms with E-state index in [4.69, 9.17) is 4.74 Å². The predicted octanol–water partition coefficient (Wildman–Crippen LogP) is 5.14. The highest BCUT2D eigenvalue weighted by Gasteiger charge is 2.41. The number of amides is 2. The second-order valence-corrected chi connectivity index (χ2v) is 8.72. The number of aryl methyl sites for hydroxylation is 1. The Labute approximate surface area is 173 Å². The fourth-order valence-electron chi connectivity index (χ4n) is 3.64. The Morgan fingerprint density at radius 2 is 1.72 bits per heavy atom. The maximum Gasteiger partial charge on any atom is 0.421 e. The summed E-state index contributed by atoms with van der Waals surface area (Å²) in [5, 5.41) is 0. The van der Waals surface area contributed by atoms with Gasteiger partial charge in [0.1, 0.15) is 5.60 Å². The van der Waals surface area contributed by atoms with Crippen LogP contribution < -0.4 is 9.80 Å². The van der Waals surface area contributed by atoms with E-state index >= 15 is 0 Å². The summed E-state index contributed by atoms with van der Waals surface area (Å²) in [6.07, 6.45) is 1.86. The highest BCUT2D eigenvalue weighted by atomic mass is 16.6. The number of ether oxygens (including phenoxy) is 1. The predicted molar refractivity (Wildman–Crippen MR) is 117 cm³/mol. The monoisotopic (exact) mass is 394 g/mol. The molecule has 2 aromatic rings. The number of para-hydroxylation sites is 1. The third-order valence-electron chi connectivity index (χ3n) is 5.06. The lowest BCUT2D eigenvalue weighted by molar-refractivity contribution is -0.119. The van der Waals surface area contributed by atoms with Crippen molar-refractivity contribution in [2.45, 2.75) is 51.6 Å². The van der Waals surface area contributed by atoms with E-state index < -0.39 is 11.7 Å². The average molecular weight is 395 g/mol. The van der Waals surface area contributed by atoms with Gasteiger partial charge >= 0.3 is 6.09 Å². The van der Waals surface area contributed by atoms with Gasteiger partial charge in [-0.15, -0.1) is 0 Å². The van der Waals surface area contributed by atoms with Crippen LogP contribution in [-0.4, -0.2) is 31.7 Å². The summed E-state index contributed by atoms with van der Waals surface area (Å²) in [5.74, 6) is -0.497. The molecule has 1 heterocycles. The highest BCUT2D eigenvalue weighted by molar-refractivity contribution is 6.19. The SMILES string of the molecule is CN(C)c1ccc(CCCC2C(=O)N(C(=O)OC(C)(C)C)c3ccccc32)cc1. The molecule has 1 aliphatic rings. The quantitative estimate of drug-likeness (QED) is 0.704. The molecule has 154 valence electrons. The lowest BCUT2D eigenvalue weighted by Crippen LogP contribution is -2.39. The lowest BCUT2D eigenvalue weighted by atomic mass is 9.94. The molecular formula is C24H30N2O3. The summed E-state index contributed by atoms with van der Waals surface area (Å²) in [4.78, 5) is 29.0. The van der Waals surface area contributed by atoms with Crippen LogP contribution in [0.5, 0.6) is 0 Å². The third kappa shape index (κ3) is 4.78. The molecule has 0 fully saturated rings. The zero-order valence-corrected chi connectivity index (χ0v) is 17.9. The molecule has 0 bridgehead atoms. The van der Waals surface area contributed by atoms with E-state index in [1.165, 1.54) is 16.2 Å². The van der Waals surface area contributed by atoms with Crippen LogP contribution in [0, 0.1) is 0 Å². The van der Waals surface area contributed by atoms with E-state index in [-0.39, 0.29) is 11.8 Å². The topological polar surface area (TPSA) is 49.9 Å². The molecule has 0 N–H and O–H groups in total. The van der Waals surface area contributed by atoms with Crippen LogP contribution in [0.3, 0.4) is 0 Å². The summed E-state index contributed by atoms with van der Waals surface area (Å²) < 4.78 is 5.46. The zero-order valence-electron chi connectivity index (χ0n) is 17.9.